The lowest BCUT2D eigenvalue weighted by molar-refractivity contribution is 1.00. The van der Waals surface area contributed by atoms with E-state index in [-0.39, 0.29) is 0 Å². The minimum absolute atomic E-state index is 0.646. The first kappa shape index (κ1) is 12.3. The van der Waals surface area contributed by atoms with Crippen LogP contribution < -0.4 is 5.32 Å². The number of nitrogens with one attached hydrogen (secondary N) is 1. The normalized spacial score (nSPS) is 10.8. The molecule has 0 fully saturated rings. The van der Waals surface area contributed by atoms with Gasteiger partial charge in [-0.2, -0.15) is 0 Å². The number of nitrogens with zero attached hydrogens (tertiary/aromatic N) is 4. The molecular weight excluding hydrogens is 278 g/mol. The van der Waals surface area contributed by atoms with Gasteiger partial charge in [-0.3, -0.25) is 0 Å². The van der Waals surface area contributed by atoms with Crippen LogP contribution >= 0.6 is 23.1 Å². The molecule has 19 heavy (non-hydrogen) atoms. The van der Waals surface area contributed by atoms with Crippen LogP contribution in [0, 0.1) is 0 Å². The van der Waals surface area contributed by atoms with Crippen molar-refractivity contribution >= 4 is 39.9 Å². The summed E-state index contributed by atoms with van der Waals surface area (Å²) in [5, 5.41) is 13.0. The number of benzene rings is 1. The molecule has 0 saturated heterocycles. The first-order valence-corrected chi connectivity index (χ1v) is 7.51. The van der Waals surface area contributed by atoms with E-state index >= 15 is 0 Å². The number of aromatic nitrogens is 4. The third kappa shape index (κ3) is 2.66. The van der Waals surface area contributed by atoms with Crippen molar-refractivity contribution in [3.05, 3.63) is 29.8 Å². The summed E-state index contributed by atoms with van der Waals surface area (Å²) in [7, 11) is 0. The number of anilines is 1. The van der Waals surface area contributed by atoms with Crippen LogP contribution in [0.5, 0.6) is 0 Å². The minimum Gasteiger partial charge on any atom is -0.354 e. The Bertz CT molecular complexity index is 684. The van der Waals surface area contributed by atoms with Crippen LogP contribution in [-0.2, 0) is 0 Å². The van der Waals surface area contributed by atoms with Gasteiger partial charge < -0.3 is 5.32 Å². The molecule has 7 heteroatoms. The van der Waals surface area contributed by atoms with Gasteiger partial charge in [0.25, 0.3) is 0 Å². The molecule has 2 aromatic heterocycles. The second-order valence-electron chi connectivity index (χ2n) is 3.71. The monoisotopic (exact) mass is 289 g/mol. The van der Waals surface area contributed by atoms with Crippen molar-refractivity contribution < 1.29 is 0 Å². The standard InChI is InChI=1S/C12H11N5S2/c1-2-13-11-15-9-6-4-3-5-8(9)10(16-11)19-12-17-14-7-18-12/h3-7H,2H2,1H3,(H,13,15,16). The van der Waals surface area contributed by atoms with Gasteiger partial charge in [0.05, 0.1) is 5.52 Å². The summed E-state index contributed by atoms with van der Waals surface area (Å²) in [6.07, 6.45) is 0. The van der Waals surface area contributed by atoms with E-state index in [0.717, 1.165) is 26.8 Å². The van der Waals surface area contributed by atoms with E-state index < -0.39 is 0 Å². The van der Waals surface area contributed by atoms with Crippen LogP contribution in [0.4, 0.5) is 5.95 Å². The van der Waals surface area contributed by atoms with Gasteiger partial charge in [0, 0.05) is 11.9 Å². The molecule has 0 radical (unpaired) electrons. The molecule has 0 aliphatic carbocycles. The Hall–Kier alpha value is -1.73. The maximum Gasteiger partial charge on any atom is 0.224 e. The summed E-state index contributed by atoms with van der Waals surface area (Å²) in [6, 6.07) is 7.98. The van der Waals surface area contributed by atoms with Gasteiger partial charge in [0.2, 0.25) is 5.95 Å². The highest BCUT2D eigenvalue weighted by molar-refractivity contribution is 8.01. The smallest absolute Gasteiger partial charge is 0.224 e. The number of hydrogen-bond acceptors (Lipinski definition) is 7. The second kappa shape index (κ2) is 5.50. The lowest BCUT2D eigenvalue weighted by Crippen LogP contribution is -2.03. The molecule has 0 amide bonds. The van der Waals surface area contributed by atoms with Gasteiger partial charge in [-0.15, -0.1) is 10.2 Å². The molecule has 5 nitrogen and oxygen atoms in total. The molecule has 0 bridgehead atoms. The zero-order valence-corrected chi connectivity index (χ0v) is 11.8. The Morgan fingerprint density at radius 2 is 2.16 bits per heavy atom. The number of rotatable bonds is 4. The summed E-state index contributed by atoms with van der Waals surface area (Å²) in [6.45, 7) is 2.82. The van der Waals surface area contributed by atoms with E-state index in [1.165, 1.54) is 23.1 Å². The Morgan fingerprint density at radius 1 is 1.26 bits per heavy atom. The average Bonchev–Trinajstić information content (AvgIpc) is 2.92. The molecule has 1 aromatic carbocycles. The maximum absolute atomic E-state index is 4.55. The van der Waals surface area contributed by atoms with Crippen LogP contribution in [0.2, 0.25) is 0 Å². The van der Waals surface area contributed by atoms with Gasteiger partial charge in [0.1, 0.15) is 10.5 Å². The third-order valence-corrected chi connectivity index (χ3v) is 4.21. The Labute approximate surface area is 118 Å². The van der Waals surface area contributed by atoms with Crippen molar-refractivity contribution in [3.8, 4) is 0 Å². The largest absolute Gasteiger partial charge is 0.354 e. The van der Waals surface area contributed by atoms with Gasteiger partial charge in [0.15, 0.2) is 4.34 Å². The number of para-hydroxylation sites is 1. The maximum atomic E-state index is 4.55. The topological polar surface area (TPSA) is 63.6 Å². The summed E-state index contributed by atoms with van der Waals surface area (Å²) in [5.41, 5.74) is 2.65. The van der Waals surface area contributed by atoms with E-state index in [0.29, 0.717) is 5.95 Å². The van der Waals surface area contributed by atoms with Gasteiger partial charge >= 0.3 is 0 Å². The Morgan fingerprint density at radius 3 is 2.95 bits per heavy atom. The minimum atomic E-state index is 0.646. The van der Waals surface area contributed by atoms with Gasteiger partial charge in [-0.05, 0) is 24.8 Å². The molecule has 0 aliphatic heterocycles. The highest BCUT2D eigenvalue weighted by atomic mass is 32.2. The predicted octanol–water partition coefficient (Wildman–Crippen LogP) is 3.06. The fourth-order valence-corrected chi connectivity index (χ4v) is 3.16. The molecule has 2 heterocycles. The zero-order chi connectivity index (χ0) is 13.1. The molecule has 0 atom stereocenters. The fraction of sp³-hybridized carbons (Fsp3) is 0.167. The molecule has 0 saturated carbocycles. The molecule has 3 rings (SSSR count). The van der Waals surface area contributed by atoms with Crippen molar-refractivity contribution in [1.82, 2.24) is 20.2 Å². The van der Waals surface area contributed by atoms with Crippen molar-refractivity contribution in [2.75, 3.05) is 11.9 Å². The summed E-state index contributed by atoms with van der Waals surface area (Å²) in [4.78, 5) is 9.03. The highest BCUT2D eigenvalue weighted by Gasteiger charge is 2.10. The fourth-order valence-electron chi connectivity index (χ4n) is 1.65. The Balaban J connectivity index is 2.09. The van der Waals surface area contributed by atoms with E-state index in [4.69, 9.17) is 0 Å². The van der Waals surface area contributed by atoms with Crippen LogP contribution in [0.25, 0.3) is 10.9 Å². The van der Waals surface area contributed by atoms with Crippen LogP contribution in [0.1, 0.15) is 6.92 Å². The average molecular weight is 289 g/mol. The molecular formula is C12H11N5S2. The lowest BCUT2D eigenvalue weighted by atomic mass is 10.2. The second-order valence-corrected chi connectivity index (χ2v) is 5.78. The first-order valence-electron chi connectivity index (χ1n) is 5.81. The zero-order valence-electron chi connectivity index (χ0n) is 10.2. The molecule has 1 N–H and O–H groups in total. The van der Waals surface area contributed by atoms with Crippen LogP contribution in [-0.4, -0.2) is 26.7 Å². The third-order valence-electron chi connectivity index (χ3n) is 2.43. The lowest BCUT2D eigenvalue weighted by Gasteiger charge is -2.07. The van der Waals surface area contributed by atoms with Crippen LogP contribution in [0.15, 0.2) is 39.1 Å². The highest BCUT2D eigenvalue weighted by Crippen LogP contribution is 2.32. The summed E-state index contributed by atoms with van der Waals surface area (Å²) < 4.78 is 0.881. The van der Waals surface area contributed by atoms with Crippen molar-refractivity contribution in [3.63, 3.8) is 0 Å². The van der Waals surface area contributed by atoms with Crippen molar-refractivity contribution in [2.24, 2.45) is 0 Å². The molecule has 0 aliphatic rings. The molecule has 3 aromatic rings. The van der Waals surface area contributed by atoms with Crippen molar-refractivity contribution in [1.29, 1.82) is 0 Å². The number of hydrogen-bond donors (Lipinski definition) is 1. The van der Waals surface area contributed by atoms with E-state index in [1.54, 1.807) is 5.51 Å². The summed E-state index contributed by atoms with van der Waals surface area (Å²) >= 11 is 3.02. The van der Waals surface area contributed by atoms with E-state index in [1.807, 2.05) is 31.2 Å². The summed E-state index contributed by atoms with van der Waals surface area (Å²) in [5.74, 6) is 0.646. The van der Waals surface area contributed by atoms with Gasteiger partial charge in [-0.1, -0.05) is 29.5 Å². The SMILES string of the molecule is CCNc1nc(Sc2nncs2)c2ccccc2n1. The Kier molecular flexibility index (Phi) is 3.56. The number of fused-ring (bicyclic) bond motifs is 1. The van der Waals surface area contributed by atoms with Gasteiger partial charge in [-0.25, -0.2) is 9.97 Å². The molecule has 0 spiro atoms. The quantitative estimate of drug-likeness (QED) is 0.745. The first-order chi connectivity index (χ1) is 9.36. The van der Waals surface area contributed by atoms with E-state index in [2.05, 4.69) is 25.5 Å². The molecule has 0 unspecified atom stereocenters. The predicted molar refractivity (Wildman–Crippen MR) is 77.7 cm³/mol. The van der Waals surface area contributed by atoms with Crippen molar-refractivity contribution in [2.45, 2.75) is 16.3 Å². The molecule has 96 valence electrons. The van der Waals surface area contributed by atoms with Crippen LogP contribution in [0.3, 0.4) is 0 Å². The van der Waals surface area contributed by atoms with E-state index in [9.17, 15) is 0 Å².